The summed E-state index contributed by atoms with van der Waals surface area (Å²) in [5, 5.41) is 0. The van der Waals surface area contributed by atoms with Crippen LogP contribution < -0.4 is 0 Å². The Morgan fingerprint density at radius 2 is 0.842 bits per heavy atom. The standard InChI is InChI=1S/C4H4N2.3C4H10.Sn/c1-2-5-4-6-3-1;3*1-3-4-2;/h1-4H;3*3-4H2,1-2H3;. The van der Waals surface area contributed by atoms with E-state index in [1.807, 2.05) is 0 Å². The normalized spacial score (nSPS) is 7.26. The van der Waals surface area contributed by atoms with Gasteiger partial charge in [-0.2, -0.15) is 0 Å². The molecule has 2 nitrogen and oxygen atoms in total. The zero-order valence-corrected chi connectivity index (χ0v) is 16.8. The quantitative estimate of drug-likeness (QED) is 0.653. The minimum absolute atomic E-state index is 0. The summed E-state index contributed by atoms with van der Waals surface area (Å²) in [7, 11) is 0. The molecule has 1 heterocycles. The van der Waals surface area contributed by atoms with Crippen LogP contribution in [0.4, 0.5) is 0 Å². The van der Waals surface area contributed by atoms with Crippen molar-refractivity contribution < 1.29 is 0 Å². The molecule has 0 amide bonds. The molecule has 0 aliphatic rings. The SMILES string of the molecule is CCCC.CCCC.CCCC.[Sn].c1cncnc1. The van der Waals surface area contributed by atoms with Crippen LogP contribution in [0, 0.1) is 0 Å². The fourth-order valence-corrected chi connectivity index (χ4v) is 0.253. The van der Waals surface area contributed by atoms with Crippen LogP contribution in [0.15, 0.2) is 24.8 Å². The Kier molecular flexibility index (Phi) is 51.8. The van der Waals surface area contributed by atoms with Gasteiger partial charge >= 0.3 is 0 Å². The molecule has 1 rings (SSSR count). The smallest absolute Gasteiger partial charge is 0.115 e. The predicted octanol–water partition coefficient (Wildman–Crippen LogP) is 5.52. The maximum absolute atomic E-state index is 3.67. The second-order valence-electron chi connectivity index (χ2n) is 3.90. The van der Waals surface area contributed by atoms with Crippen LogP contribution in [0.25, 0.3) is 0 Å². The van der Waals surface area contributed by atoms with Crippen molar-refractivity contribution in [2.24, 2.45) is 0 Å². The Morgan fingerprint density at radius 1 is 0.579 bits per heavy atom. The van der Waals surface area contributed by atoms with E-state index in [1.165, 1.54) is 44.9 Å². The van der Waals surface area contributed by atoms with Crippen LogP contribution in [0.1, 0.15) is 80.1 Å². The molecule has 0 N–H and O–H groups in total. The molecule has 0 unspecified atom stereocenters. The van der Waals surface area contributed by atoms with Crippen molar-refractivity contribution in [3.05, 3.63) is 24.8 Å². The number of aromatic nitrogens is 2. The van der Waals surface area contributed by atoms with Crippen LogP contribution in [0.2, 0.25) is 0 Å². The van der Waals surface area contributed by atoms with Crippen molar-refractivity contribution in [2.45, 2.75) is 80.1 Å². The maximum Gasteiger partial charge on any atom is 0.115 e. The van der Waals surface area contributed by atoms with E-state index < -0.39 is 0 Å². The molecule has 0 aliphatic carbocycles. The van der Waals surface area contributed by atoms with E-state index in [-0.39, 0.29) is 23.9 Å². The van der Waals surface area contributed by atoms with Crippen molar-refractivity contribution in [1.82, 2.24) is 9.97 Å². The predicted molar refractivity (Wildman–Crippen MR) is 89.5 cm³/mol. The summed E-state index contributed by atoms with van der Waals surface area (Å²) in [6.45, 7) is 13.1. The van der Waals surface area contributed by atoms with Crippen molar-refractivity contribution in [3.63, 3.8) is 0 Å². The van der Waals surface area contributed by atoms with Gasteiger partial charge in [-0.1, -0.05) is 80.1 Å². The number of hydrogen-bond donors (Lipinski definition) is 0. The first-order chi connectivity index (χ1) is 8.74. The molecule has 0 bridgehead atoms. The Hall–Kier alpha value is -0.121. The molecule has 1 aromatic rings. The van der Waals surface area contributed by atoms with Crippen LogP contribution >= 0.6 is 0 Å². The second kappa shape index (κ2) is 36.1. The first-order valence-electron chi connectivity index (χ1n) is 7.44. The van der Waals surface area contributed by atoms with Gasteiger partial charge in [0.25, 0.3) is 0 Å². The summed E-state index contributed by atoms with van der Waals surface area (Å²) < 4.78 is 0. The molecule has 0 spiro atoms. The molecule has 0 aliphatic heterocycles. The van der Waals surface area contributed by atoms with Gasteiger partial charge in [0.1, 0.15) is 6.33 Å². The Balaban J connectivity index is -0.0000000796. The summed E-state index contributed by atoms with van der Waals surface area (Å²) in [4.78, 5) is 7.35. The molecule has 112 valence electrons. The molecule has 0 fully saturated rings. The van der Waals surface area contributed by atoms with E-state index in [4.69, 9.17) is 0 Å². The van der Waals surface area contributed by atoms with E-state index in [2.05, 4.69) is 51.5 Å². The van der Waals surface area contributed by atoms with Crippen molar-refractivity contribution in [1.29, 1.82) is 0 Å². The van der Waals surface area contributed by atoms with Gasteiger partial charge in [-0.15, -0.1) is 0 Å². The van der Waals surface area contributed by atoms with Crippen molar-refractivity contribution >= 4 is 23.9 Å². The van der Waals surface area contributed by atoms with Crippen LogP contribution in [0.5, 0.6) is 0 Å². The average molecular weight is 373 g/mol. The molecule has 4 radical (unpaired) electrons. The third kappa shape index (κ3) is 57.2. The number of hydrogen-bond acceptors (Lipinski definition) is 2. The third-order valence-corrected chi connectivity index (χ3v) is 1.98. The van der Waals surface area contributed by atoms with E-state index in [0.29, 0.717) is 0 Å². The fraction of sp³-hybridized carbons (Fsp3) is 0.750. The number of rotatable bonds is 3. The number of nitrogens with zero attached hydrogens (tertiary/aromatic N) is 2. The number of unbranched alkanes of at least 4 members (excludes halogenated alkanes) is 3. The second-order valence-corrected chi connectivity index (χ2v) is 3.90. The summed E-state index contributed by atoms with van der Waals surface area (Å²) in [5.74, 6) is 0. The largest absolute Gasteiger partial charge is 0.245 e. The first-order valence-corrected chi connectivity index (χ1v) is 7.44. The van der Waals surface area contributed by atoms with Gasteiger partial charge < -0.3 is 0 Å². The van der Waals surface area contributed by atoms with E-state index in [0.717, 1.165) is 0 Å². The maximum atomic E-state index is 3.67. The summed E-state index contributed by atoms with van der Waals surface area (Å²) in [5.41, 5.74) is 0. The molecule has 0 aromatic carbocycles. The van der Waals surface area contributed by atoms with Gasteiger partial charge in [0.2, 0.25) is 0 Å². The summed E-state index contributed by atoms with van der Waals surface area (Å²) >= 11 is 0. The van der Waals surface area contributed by atoms with Gasteiger partial charge in [0.05, 0.1) is 0 Å². The van der Waals surface area contributed by atoms with E-state index in [1.54, 1.807) is 18.5 Å². The molecule has 0 saturated heterocycles. The zero-order valence-electron chi connectivity index (χ0n) is 13.9. The molecule has 0 atom stereocenters. The van der Waals surface area contributed by atoms with Crippen molar-refractivity contribution in [3.8, 4) is 0 Å². The fourth-order valence-electron chi connectivity index (χ4n) is 0.253. The average Bonchev–Trinajstić information content (AvgIpc) is 2.49. The minimum Gasteiger partial charge on any atom is -0.245 e. The summed E-state index contributed by atoms with van der Waals surface area (Å²) in [6, 6.07) is 1.78. The van der Waals surface area contributed by atoms with Gasteiger partial charge in [-0.05, 0) is 6.07 Å². The Bertz CT molecular complexity index is 139. The van der Waals surface area contributed by atoms with Crippen LogP contribution in [-0.2, 0) is 0 Å². The Morgan fingerprint density at radius 3 is 0.895 bits per heavy atom. The molecular formula is C16H34N2Sn. The molecule has 0 saturated carbocycles. The topological polar surface area (TPSA) is 25.8 Å². The van der Waals surface area contributed by atoms with Crippen LogP contribution in [0.3, 0.4) is 0 Å². The third-order valence-electron chi connectivity index (χ3n) is 1.98. The molecule has 19 heavy (non-hydrogen) atoms. The molecular weight excluding hydrogens is 339 g/mol. The van der Waals surface area contributed by atoms with Gasteiger partial charge in [0, 0.05) is 36.3 Å². The monoisotopic (exact) mass is 374 g/mol. The van der Waals surface area contributed by atoms with Crippen molar-refractivity contribution in [2.75, 3.05) is 0 Å². The Labute approximate surface area is 138 Å². The summed E-state index contributed by atoms with van der Waals surface area (Å²) in [6.07, 6.45) is 12.8. The van der Waals surface area contributed by atoms with E-state index >= 15 is 0 Å². The first kappa shape index (κ1) is 27.3. The minimum atomic E-state index is 0. The van der Waals surface area contributed by atoms with Gasteiger partial charge in [0.15, 0.2) is 0 Å². The zero-order chi connectivity index (χ0) is 14.5. The van der Waals surface area contributed by atoms with Gasteiger partial charge in [-0.25, -0.2) is 9.97 Å². The van der Waals surface area contributed by atoms with Crippen LogP contribution in [-0.4, -0.2) is 33.9 Å². The molecule has 1 aromatic heterocycles. The molecule has 3 heteroatoms. The van der Waals surface area contributed by atoms with Gasteiger partial charge in [-0.3, -0.25) is 0 Å². The van der Waals surface area contributed by atoms with E-state index in [9.17, 15) is 0 Å².